The van der Waals surface area contributed by atoms with Crippen molar-refractivity contribution in [1.82, 2.24) is 9.97 Å². The van der Waals surface area contributed by atoms with E-state index in [1.807, 2.05) is 0 Å². The third-order valence-electron chi connectivity index (χ3n) is 3.58. The van der Waals surface area contributed by atoms with Crippen LogP contribution in [0.15, 0.2) is 0 Å². The summed E-state index contributed by atoms with van der Waals surface area (Å²) in [7, 11) is 0. The lowest BCUT2D eigenvalue weighted by Gasteiger charge is -2.38. The van der Waals surface area contributed by atoms with E-state index in [-0.39, 0.29) is 12.0 Å². The second-order valence-electron chi connectivity index (χ2n) is 5.04. The van der Waals surface area contributed by atoms with Gasteiger partial charge >= 0.3 is 0 Å². The number of rotatable bonds is 3. The summed E-state index contributed by atoms with van der Waals surface area (Å²) >= 11 is 0. The minimum Gasteiger partial charge on any atom is -0.395 e. The van der Waals surface area contributed by atoms with Crippen LogP contribution in [-0.2, 0) is 5.41 Å². The molecule has 0 bridgehead atoms. The lowest BCUT2D eigenvalue weighted by Crippen LogP contribution is -2.39. The van der Waals surface area contributed by atoms with Crippen molar-refractivity contribution in [3.05, 3.63) is 17.2 Å². The molecule has 3 nitrogen and oxygen atoms in total. The molecule has 0 atom stereocenters. The third-order valence-corrected chi connectivity index (χ3v) is 3.58. The number of nitrogens with one attached hydrogen (secondary N) is 1. The summed E-state index contributed by atoms with van der Waals surface area (Å²) in [4.78, 5) is 8.01. The predicted molar refractivity (Wildman–Crippen MR) is 60.0 cm³/mol. The molecule has 84 valence electrons. The smallest absolute Gasteiger partial charge is 0.115 e. The summed E-state index contributed by atoms with van der Waals surface area (Å²) in [6.07, 6.45) is 3.33. The molecular weight excluding hydrogens is 188 g/mol. The van der Waals surface area contributed by atoms with E-state index < -0.39 is 0 Å². The van der Waals surface area contributed by atoms with Crippen LogP contribution in [0, 0.1) is 6.92 Å². The van der Waals surface area contributed by atoms with Crippen molar-refractivity contribution in [3.8, 4) is 0 Å². The number of hydrogen-bond acceptors (Lipinski definition) is 2. The molecule has 0 unspecified atom stereocenters. The largest absolute Gasteiger partial charge is 0.395 e. The molecule has 2 N–H and O–H groups in total. The lowest BCUT2D eigenvalue weighted by molar-refractivity contribution is 0.113. The molecule has 1 saturated carbocycles. The number of nitrogens with zero attached hydrogens (tertiary/aromatic N) is 1. The first-order valence-corrected chi connectivity index (χ1v) is 5.77. The highest BCUT2D eigenvalue weighted by Gasteiger charge is 2.41. The summed E-state index contributed by atoms with van der Waals surface area (Å²) in [5.74, 6) is 1.45. The van der Waals surface area contributed by atoms with Crippen molar-refractivity contribution in [2.24, 2.45) is 0 Å². The molecule has 1 fully saturated rings. The van der Waals surface area contributed by atoms with E-state index >= 15 is 0 Å². The Morgan fingerprint density at radius 1 is 1.47 bits per heavy atom. The van der Waals surface area contributed by atoms with Crippen LogP contribution < -0.4 is 0 Å². The number of imidazole rings is 1. The van der Waals surface area contributed by atoms with Crippen LogP contribution in [0.5, 0.6) is 0 Å². The molecule has 0 aromatic carbocycles. The first kappa shape index (κ1) is 10.7. The maximum Gasteiger partial charge on any atom is 0.115 e. The van der Waals surface area contributed by atoms with Gasteiger partial charge in [-0.05, 0) is 25.7 Å². The molecule has 2 rings (SSSR count). The number of aliphatic hydroxyl groups is 1. The van der Waals surface area contributed by atoms with Crippen LogP contribution >= 0.6 is 0 Å². The minimum atomic E-state index is -0.0576. The van der Waals surface area contributed by atoms with Crippen LogP contribution in [0.2, 0.25) is 0 Å². The molecule has 0 amide bonds. The molecule has 0 aliphatic heterocycles. The Hall–Kier alpha value is -0.830. The van der Waals surface area contributed by atoms with Gasteiger partial charge < -0.3 is 10.1 Å². The predicted octanol–water partition coefficient (Wildman–Crippen LogP) is 2.26. The van der Waals surface area contributed by atoms with Crippen molar-refractivity contribution in [2.75, 3.05) is 6.61 Å². The zero-order valence-corrected chi connectivity index (χ0v) is 9.80. The van der Waals surface area contributed by atoms with E-state index in [1.54, 1.807) is 0 Å². The molecule has 0 radical (unpaired) electrons. The van der Waals surface area contributed by atoms with E-state index in [0.717, 1.165) is 30.1 Å². The van der Waals surface area contributed by atoms with Gasteiger partial charge in [0.25, 0.3) is 0 Å². The SMILES string of the molecule is Cc1[nH]c(C2(CO)CCC2)nc1C(C)C. The standard InChI is InChI=1S/C12H20N2O/c1-8(2)10-9(3)13-11(14-10)12(7-15)5-4-6-12/h8,15H,4-7H2,1-3H3,(H,13,14). The number of aromatic nitrogens is 2. The normalized spacial score (nSPS) is 19.3. The first-order valence-electron chi connectivity index (χ1n) is 5.77. The van der Waals surface area contributed by atoms with Crippen LogP contribution in [0.1, 0.15) is 56.2 Å². The average Bonchev–Trinajstić information content (AvgIpc) is 2.47. The quantitative estimate of drug-likeness (QED) is 0.800. The molecule has 1 aliphatic carbocycles. The van der Waals surface area contributed by atoms with E-state index in [9.17, 15) is 5.11 Å². The maximum atomic E-state index is 9.47. The Morgan fingerprint density at radius 2 is 2.13 bits per heavy atom. The lowest BCUT2D eigenvalue weighted by atomic mass is 9.69. The van der Waals surface area contributed by atoms with Gasteiger partial charge in [-0.25, -0.2) is 4.98 Å². The third kappa shape index (κ3) is 1.59. The molecule has 1 aromatic heterocycles. The summed E-state index contributed by atoms with van der Waals surface area (Å²) < 4.78 is 0. The Labute approximate surface area is 90.9 Å². The van der Waals surface area contributed by atoms with E-state index in [4.69, 9.17) is 0 Å². The fraction of sp³-hybridized carbons (Fsp3) is 0.750. The van der Waals surface area contributed by atoms with Gasteiger partial charge in [0, 0.05) is 5.69 Å². The first-order chi connectivity index (χ1) is 7.09. The second-order valence-corrected chi connectivity index (χ2v) is 5.04. The van der Waals surface area contributed by atoms with Crippen molar-refractivity contribution < 1.29 is 5.11 Å². The van der Waals surface area contributed by atoms with Gasteiger partial charge in [0.05, 0.1) is 17.7 Å². The Morgan fingerprint density at radius 3 is 2.47 bits per heavy atom. The van der Waals surface area contributed by atoms with Gasteiger partial charge in [0.1, 0.15) is 5.82 Å². The molecule has 15 heavy (non-hydrogen) atoms. The summed E-state index contributed by atoms with van der Waals surface area (Å²) in [6.45, 7) is 6.59. The number of H-pyrrole nitrogens is 1. The Bertz CT molecular complexity index is 345. The molecule has 0 saturated heterocycles. The van der Waals surface area contributed by atoms with Gasteiger partial charge in [-0.2, -0.15) is 0 Å². The van der Waals surface area contributed by atoms with E-state index in [1.165, 1.54) is 6.42 Å². The molecule has 1 aliphatic rings. The highest BCUT2D eigenvalue weighted by Crippen LogP contribution is 2.42. The van der Waals surface area contributed by atoms with Crippen molar-refractivity contribution in [2.45, 2.75) is 51.4 Å². The topological polar surface area (TPSA) is 48.9 Å². The van der Waals surface area contributed by atoms with Crippen LogP contribution in [0.3, 0.4) is 0 Å². The zero-order chi connectivity index (χ0) is 11.1. The highest BCUT2D eigenvalue weighted by atomic mass is 16.3. The highest BCUT2D eigenvalue weighted by molar-refractivity contribution is 5.23. The van der Waals surface area contributed by atoms with Gasteiger partial charge in [0.15, 0.2) is 0 Å². The molecule has 0 spiro atoms. The van der Waals surface area contributed by atoms with Crippen LogP contribution in [0.4, 0.5) is 0 Å². The van der Waals surface area contributed by atoms with E-state index in [2.05, 4.69) is 30.7 Å². The van der Waals surface area contributed by atoms with Crippen molar-refractivity contribution in [3.63, 3.8) is 0 Å². The fourth-order valence-electron chi connectivity index (χ4n) is 2.36. The molecule has 1 heterocycles. The maximum absolute atomic E-state index is 9.47. The van der Waals surface area contributed by atoms with Crippen molar-refractivity contribution >= 4 is 0 Å². The number of aliphatic hydroxyl groups excluding tert-OH is 1. The fourth-order valence-corrected chi connectivity index (χ4v) is 2.36. The second kappa shape index (κ2) is 3.63. The number of hydrogen-bond donors (Lipinski definition) is 2. The van der Waals surface area contributed by atoms with Gasteiger partial charge in [0.2, 0.25) is 0 Å². The van der Waals surface area contributed by atoms with E-state index in [0.29, 0.717) is 5.92 Å². The Balaban J connectivity index is 2.33. The average molecular weight is 208 g/mol. The molecule has 1 aromatic rings. The van der Waals surface area contributed by atoms with Crippen molar-refractivity contribution in [1.29, 1.82) is 0 Å². The minimum absolute atomic E-state index is 0.0576. The van der Waals surface area contributed by atoms with Crippen LogP contribution in [0.25, 0.3) is 0 Å². The molecular formula is C12H20N2O. The summed E-state index contributed by atoms with van der Waals surface area (Å²) in [6, 6.07) is 0. The number of aryl methyl sites for hydroxylation is 1. The zero-order valence-electron chi connectivity index (χ0n) is 9.80. The summed E-state index contributed by atoms with van der Waals surface area (Å²) in [5.41, 5.74) is 2.24. The molecule has 3 heteroatoms. The number of aromatic amines is 1. The van der Waals surface area contributed by atoms with Gasteiger partial charge in [-0.3, -0.25) is 0 Å². The monoisotopic (exact) mass is 208 g/mol. The van der Waals surface area contributed by atoms with Gasteiger partial charge in [-0.15, -0.1) is 0 Å². The summed E-state index contributed by atoms with van der Waals surface area (Å²) in [5, 5.41) is 9.47. The van der Waals surface area contributed by atoms with Crippen LogP contribution in [-0.4, -0.2) is 21.7 Å². The Kier molecular flexibility index (Phi) is 2.59. The van der Waals surface area contributed by atoms with Gasteiger partial charge in [-0.1, -0.05) is 20.3 Å².